The minimum absolute atomic E-state index is 0.00812. The van der Waals surface area contributed by atoms with E-state index < -0.39 is 6.04 Å². The monoisotopic (exact) mass is 516 g/mol. The highest BCUT2D eigenvalue weighted by molar-refractivity contribution is 6.30. The molecule has 0 bridgehead atoms. The van der Waals surface area contributed by atoms with E-state index in [2.05, 4.69) is 17.4 Å². The van der Waals surface area contributed by atoms with Gasteiger partial charge in [0, 0.05) is 29.2 Å². The van der Waals surface area contributed by atoms with Gasteiger partial charge in [-0.2, -0.15) is 0 Å². The second-order valence-electron chi connectivity index (χ2n) is 10.1. The molecule has 1 N–H and O–H groups in total. The summed E-state index contributed by atoms with van der Waals surface area (Å²) in [5.41, 5.74) is 4.05. The number of amides is 2. The van der Waals surface area contributed by atoms with E-state index in [1.54, 1.807) is 18.2 Å². The number of Topliss-reactive ketones (excluding diaryl/α,β-unsaturated/α-hetero) is 1. The van der Waals surface area contributed by atoms with E-state index in [0.717, 1.165) is 29.0 Å². The van der Waals surface area contributed by atoms with Crippen LogP contribution in [-0.4, -0.2) is 41.6 Å². The molecule has 0 aromatic heterocycles. The lowest BCUT2D eigenvalue weighted by Gasteiger charge is -2.35. The SMILES string of the molecule is CC(=O)c1cccc(-c2cccc(C(=O)N[C@@H](C(=O)N3CCC(c4ccc(Cl)cc4)CC3)C(C)C)c2)c1. The number of ketones is 1. The largest absolute Gasteiger partial charge is 0.341 e. The Bertz CT molecular complexity index is 1280. The fraction of sp³-hybridized carbons (Fsp3) is 0.323. The molecule has 0 spiro atoms. The van der Waals surface area contributed by atoms with E-state index >= 15 is 0 Å². The molecule has 4 rings (SSSR count). The highest BCUT2D eigenvalue weighted by atomic mass is 35.5. The molecule has 1 aliphatic heterocycles. The fourth-order valence-corrected chi connectivity index (χ4v) is 4.99. The van der Waals surface area contributed by atoms with Gasteiger partial charge in [-0.25, -0.2) is 0 Å². The number of piperidine rings is 1. The molecule has 3 aromatic rings. The number of likely N-dealkylation sites (tertiary alicyclic amines) is 1. The number of carbonyl (C=O) groups excluding carboxylic acids is 3. The zero-order valence-electron chi connectivity index (χ0n) is 21.5. The van der Waals surface area contributed by atoms with Crippen LogP contribution in [-0.2, 0) is 4.79 Å². The number of nitrogens with zero attached hydrogens (tertiary/aromatic N) is 1. The van der Waals surface area contributed by atoms with Crippen molar-refractivity contribution in [1.29, 1.82) is 0 Å². The van der Waals surface area contributed by atoms with Crippen LogP contribution < -0.4 is 5.32 Å². The maximum absolute atomic E-state index is 13.4. The summed E-state index contributed by atoms with van der Waals surface area (Å²) in [4.78, 5) is 40.3. The number of benzene rings is 3. The highest BCUT2D eigenvalue weighted by Crippen LogP contribution is 2.29. The maximum Gasteiger partial charge on any atom is 0.251 e. The Morgan fingerprint density at radius 2 is 1.43 bits per heavy atom. The molecular weight excluding hydrogens is 484 g/mol. The summed E-state index contributed by atoms with van der Waals surface area (Å²) in [5, 5.41) is 3.71. The molecule has 37 heavy (non-hydrogen) atoms. The fourth-order valence-electron chi connectivity index (χ4n) is 4.86. The van der Waals surface area contributed by atoms with Crippen LogP contribution in [0, 0.1) is 5.92 Å². The van der Waals surface area contributed by atoms with Crippen LogP contribution in [0.5, 0.6) is 0 Å². The van der Waals surface area contributed by atoms with Crippen molar-refractivity contribution in [1.82, 2.24) is 10.2 Å². The molecule has 1 aliphatic rings. The van der Waals surface area contributed by atoms with Crippen molar-refractivity contribution >= 4 is 29.2 Å². The van der Waals surface area contributed by atoms with Crippen LogP contribution in [0.25, 0.3) is 11.1 Å². The van der Waals surface area contributed by atoms with Crippen LogP contribution in [0.4, 0.5) is 0 Å². The molecule has 0 saturated carbocycles. The molecular formula is C31H33ClN2O3. The summed E-state index contributed by atoms with van der Waals surface area (Å²) in [6.45, 7) is 6.76. The van der Waals surface area contributed by atoms with Gasteiger partial charge in [-0.3, -0.25) is 14.4 Å². The molecule has 1 saturated heterocycles. The molecule has 2 amide bonds. The van der Waals surface area contributed by atoms with Gasteiger partial charge in [-0.15, -0.1) is 0 Å². The van der Waals surface area contributed by atoms with Gasteiger partial charge in [0.05, 0.1) is 0 Å². The summed E-state index contributed by atoms with van der Waals surface area (Å²) >= 11 is 6.02. The predicted octanol–water partition coefficient (Wildman–Crippen LogP) is 6.37. The van der Waals surface area contributed by atoms with E-state index in [-0.39, 0.29) is 23.5 Å². The molecule has 0 unspecified atom stereocenters. The van der Waals surface area contributed by atoms with E-state index in [1.807, 2.05) is 61.2 Å². The summed E-state index contributed by atoms with van der Waals surface area (Å²) in [5.74, 6) is 0.0145. The summed E-state index contributed by atoms with van der Waals surface area (Å²) in [7, 11) is 0. The zero-order valence-corrected chi connectivity index (χ0v) is 22.3. The second kappa shape index (κ2) is 11.7. The van der Waals surface area contributed by atoms with Crippen LogP contribution in [0.2, 0.25) is 5.02 Å². The van der Waals surface area contributed by atoms with Gasteiger partial charge < -0.3 is 10.2 Å². The van der Waals surface area contributed by atoms with Gasteiger partial charge >= 0.3 is 0 Å². The van der Waals surface area contributed by atoms with Crippen LogP contribution in [0.15, 0.2) is 72.8 Å². The van der Waals surface area contributed by atoms with Gasteiger partial charge in [-0.1, -0.05) is 67.9 Å². The second-order valence-corrected chi connectivity index (χ2v) is 10.5. The summed E-state index contributed by atoms with van der Waals surface area (Å²) < 4.78 is 0. The quantitative estimate of drug-likeness (QED) is 0.371. The Labute approximate surface area is 223 Å². The third-order valence-corrected chi connectivity index (χ3v) is 7.35. The van der Waals surface area contributed by atoms with Crippen molar-refractivity contribution in [2.45, 2.75) is 45.6 Å². The van der Waals surface area contributed by atoms with Gasteiger partial charge in [0.1, 0.15) is 6.04 Å². The standard InChI is InChI=1S/C31H33ClN2O3/c1-20(2)29(31(37)34-16-14-23(15-17-34)22-10-12-28(32)13-11-22)33-30(36)27-9-5-8-26(19-27)25-7-4-6-24(18-25)21(3)35/h4-13,18-20,23,29H,14-17H2,1-3H3,(H,33,36)/t29-/m1/s1. The first kappa shape index (κ1) is 26.6. The van der Waals surface area contributed by atoms with Crippen molar-refractivity contribution in [3.63, 3.8) is 0 Å². The molecule has 1 heterocycles. The molecule has 5 nitrogen and oxygen atoms in total. The molecule has 0 radical (unpaired) electrons. The van der Waals surface area contributed by atoms with E-state index in [0.29, 0.717) is 30.1 Å². The van der Waals surface area contributed by atoms with Gasteiger partial charge in [0.25, 0.3) is 5.91 Å². The van der Waals surface area contributed by atoms with E-state index in [1.165, 1.54) is 12.5 Å². The Hall–Kier alpha value is -3.44. The predicted molar refractivity (Wildman–Crippen MR) is 148 cm³/mol. The third kappa shape index (κ3) is 6.47. The Balaban J connectivity index is 1.43. The van der Waals surface area contributed by atoms with Crippen molar-refractivity contribution in [2.75, 3.05) is 13.1 Å². The van der Waals surface area contributed by atoms with E-state index in [4.69, 9.17) is 11.6 Å². The molecule has 1 fully saturated rings. The van der Waals surface area contributed by atoms with Crippen molar-refractivity contribution in [2.24, 2.45) is 5.92 Å². The molecule has 192 valence electrons. The molecule has 6 heteroatoms. The first-order valence-electron chi connectivity index (χ1n) is 12.8. The highest BCUT2D eigenvalue weighted by Gasteiger charge is 2.31. The van der Waals surface area contributed by atoms with E-state index in [9.17, 15) is 14.4 Å². The topological polar surface area (TPSA) is 66.5 Å². The van der Waals surface area contributed by atoms with Gasteiger partial charge in [0.2, 0.25) is 5.91 Å². The summed E-state index contributed by atoms with van der Waals surface area (Å²) in [6.07, 6.45) is 1.76. The van der Waals surface area contributed by atoms with Crippen molar-refractivity contribution in [3.05, 3.63) is 94.5 Å². The summed E-state index contributed by atoms with van der Waals surface area (Å²) in [6, 6.07) is 22.0. The average molecular weight is 517 g/mol. The first-order valence-corrected chi connectivity index (χ1v) is 13.2. The average Bonchev–Trinajstić information content (AvgIpc) is 2.91. The molecule has 3 aromatic carbocycles. The van der Waals surface area contributed by atoms with Crippen molar-refractivity contribution in [3.8, 4) is 11.1 Å². The Morgan fingerprint density at radius 1 is 0.865 bits per heavy atom. The van der Waals surface area contributed by atoms with Gasteiger partial charge in [-0.05, 0) is 78.6 Å². The Kier molecular flexibility index (Phi) is 8.45. The van der Waals surface area contributed by atoms with Crippen LogP contribution in [0.1, 0.15) is 65.8 Å². The smallest absolute Gasteiger partial charge is 0.251 e. The Morgan fingerprint density at radius 3 is 2.00 bits per heavy atom. The normalized spacial score (nSPS) is 14.9. The molecule has 0 aliphatic carbocycles. The van der Waals surface area contributed by atoms with Gasteiger partial charge in [0.15, 0.2) is 5.78 Å². The number of carbonyl (C=O) groups is 3. The lowest BCUT2D eigenvalue weighted by atomic mass is 9.89. The number of nitrogens with one attached hydrogen (secondary N) is 1. The number of hydrogen-bond donors (Lipinski definition) is 1. The number of halogens is 1. The number of hydrogen-bond acceptors (Lipinski definition) is 3. The number of rotatable bonds is 7. The minimum atomic E-state index is -0.607. The minimum Gasteiger partial charge on any atom is -0.341 e. The van der Waals surface area contributed by atoms with Crippen LogP contribution >= 0.6 is 11.6 Å². The van der Waals surface area contributed by atoms with Crippen LogP contribution in [0.3, 0.4) is 0 Å². The lowest BCUT2D eigenvalue weighted by Crippen LogP contribution is -2.52. The van der Waals surface area contributed by atoms with Crippen molar-refractivity contribution < 1.29 is 14.4 Å². The molecule has 1 atom stereocenters. The first-order chi connectivity index (χ1) is 17.7. The maximum atomic E-state index is 13.4. The third-order valence-electron chi connectivity index (χ3n) is 7.09. The lowest BCUT2D eigenvalue weighted by molar-refractivity contribution is -0.135. The zero-order chi connectivity index (χ0) is 26.5.